The molecule has 162 valence electrons. The average molecular weight is 456 g/mol. The molecule has 0 N–H and O–H groups in total. The zero-order chi connectivity index (χ0) is 21.4. The SMILES string of the molecule is Cc1ccc(C2CCC(OCc3c(-c4c(Cl)cccc4Cl)noc3C3CC3)CC2)cc1. The van der Waals surface area contributed by atoms with E-state index in [2.05, 4.69) is 36.3 Å². The minimum atomic E-state index is 0.262. The second-order valence-corrected chi connectivity index (χ2v) is 9.75. The Kier molecular flexibility index (Phi) is 6.10. The van der Waals surface area contributed by atoms with E-state index in [9.17, 15) is 0 Å². The number of benzene rings is 2. The summed E-state index contributed by atoms with van der Waals surface area (Å²) in [6.07, 6.45) is 7.01. The van der Waals surface area contributed by atoms with Gasteiger partial charge in [-0.05, 0) is 69.1 Å². The third-order valence-electron chi connectivity index (χ3n) is 6.65. The molecule has 0 radical (unpaired) electrons. The first-order chi connectivity index (χ1) is 15.1. The van der Waals surface area contributed by atoms with Crippen molar-refractivity contribution < 1.29 is 9.26 Å². The van der Waals surface area contributed by atoms with Crippen molar-refractivity contribution in [3.8, 4) is 11.3 Å². The molecule has 5 rings (SSSR count). The molecule has 2 aromatic carbocycles. The molecule has 2 aliphatic rings. The maximum Gasteiger partial charge on any atom is 0.145 e. The first-order valence-electron chi connectivity index (χ1n) is 11.2. The Bertz CT molecular complexity index is 1030. The van der Waals surface area contributed by atoms with E-state index in [0.29, 0.717) is 28.5 Å². The first kappa shape index (κ1) is 21.1. The number of halogens is 2. The van der Waals surface area contributed by atoms with Gasteiger partial charge in [0.1, 0.15) is 11.5 Å². The largest absolute Gasteiger partial charge is 0.373 e. The summed E-state index contributed by atoms with van der Waals surface area (Å²) >= 11 is 12.9. The van der Waals surface area contributed by atoms with Gasteiger partial charge in [0.15, 0.2) is 0 Å². The van der Waals surface area contributed by atoms with Crippen molar-refractivity contribution in [2.24, 2.45) is 0 Å². The van der Waals surface area contributed by atoms with Gasteiger partial charge in [-0.2, -0.15) is 0 Å². The number of hydrogen-bond acceptors (Lipinski definition) is 3. The molecule has 0 aliphatic heterocycles. The van der Waals surface area contributed by atoms with Crippen molar-refractivity contribution in [1.82, 2.24) is 5.16 Å². The molecule has 0 unspecified atom stereocenters. The van der Waals surface area contributed by atoms with Gasteiger partial charge in [0.05, 0.1) is 22.8 Å². The lowest BCUT2D eigenvalue weighted by atomic mass is 9.82. The fraction of sp³-hybridized carbons (Fsp3) is 0.423. The summed E-state index contributed by atoms with van der Waals surface area (Å²) in [7, 11) is 0. The fourth-order valence-corrected chi connectivity index (χ4v) is 5.23. The van der Waals surface area contributed by atoms with Gasteiger partial charge in [0.25, 0.3) is 0 Å². The topological polar surface area (TPSA) is 35.3 Å². The van der Waals surface area contributed by atoms with Gasteiger partial charge in [-0.3, -0.25) is 0 Å². The molecular formula is C26H27Cl2NO2. The highest BCUT2D eigenvalue weighted by Crippen LogP contribution is 2.46. The summed E-state index contributed by atoms with van der Waals surface area (Å²) in [5.41, 5.74) is 5.25. The molecule has 31 heavy (non-hydrogen) atoms. The lowest BCUT2D eigenvalue weighted by Gasteiger charge is -2.29. The molecule has 3 aromatic rings. The summed E-state index contributed by atoms with van der Waals surface area (Å²) in [5.74, 6) is 2.02. The molecule has 1 aromatic heterocycles. The zero-order valence-corrected chi connectivity index (χ0v) is 19.3. The van der Waals surface area contributed by atoms with Gasteiger partial charge in [-0.15, -0.1) is 0 Å². The average Bonchev–Trinajstić information content (AvgIpc) is 3.54. The third kappa shape index (κ3) is 4.55. The van der Waals surface area contributed by atoms with Crippen LogP contribution in [0.3, 0.4) is 0 Å². The van der Waals surface area contributed by atoms with E-state index in [4.69, 9.17) is 32.5 Å². The van der Waals surface area contributed by atoms with Gasteiger partial charge in [-0.1, -0.05) is 64.3 Å². The molecule has 0 bridgehead atoms. The van der Waals surface area contributed by atoms with Crippen molar-refractivity contribution in [3.05, 3.63) is 75.0 Å². The molecule has 3 nitrogen and oxygen atoms in total. The maximum absolute atomic E-state index is 6.47. The molecule has 5 heteroatoms. The minimum absolute atomic E-state index is 0.262. The van der Waals surface area contributed by atoms with Crippen LogP contribution in [0, 0.1) is 6.92 Å². The van der Waals surface area contributed by atoms with E-state index < -0.39 is 0 Å². The van der Waals surface area contributed by atoms with E-state index in [1.54, 1.807) is 0 Å². The van der Waals surface area contributed by atoms with Crippen LogP contribution in [0.4, 0.5) is 0 Å². The van der Waals surface area contributed by atoms with Crippen LogP contribution < -0.4 is 0 Å². The quantitative estimate of drug-likeness (QED) is 0.376. The molecule has 0 amide bonds. The van der Waals surface area contributed by atoms with Gasteiger partial charge < -0.3 is 9.26 Å². The second kappa shape index (κ2) is 8.97. The Morgan fingerprint density at radius 1 is 0.903 bits per heavy atom. The number of aromatic nitrogens is 1. The first-order valence-corrected chi connectivity index (χ1v) is 12.0. The Hall–Kier alpha value is -1.81. The van der Waals surface area contributed by atoms with Gasteiger partial charge >= 0.3 is 0 Å². The summed E-state index contributed by atoms with van der Waals surface area (Å²) in [4.78, 5) is 0. The highest BCUT2D eigenvalue weighted by atomic mass is 35.5. The molecule has 1 heterocycles. The molecule has 2 aliphatic carbocycles. The Balaban J connectivity index is 1.29. The number of aryl methyl sites for hydroxylation is 1. The minimum Gasteiger partial charge on any atom is -0.373 e. The molecule has 0 atom stereocenters. The van der Waals surface area contributed by atoms with Gasteiger partial charge in [0, 0.05) is 17.0 Å². The summed E-state index contributed by atoms with van der Waals surface area (Å²) < 4.78 is 12.2. The van der Waals surface area contributed by atoms with Crippen LogP contribution in [0.1, 0.15) is 72.8 Å². The standard InChI is InChI=1S/C26H27Cl2NO2/c1-16-5-7-17(8-6-16)18-11-13-20(14-12-18)30-15-21-25(29-31-26(21)19-9-10-19)24-22(27)3-2-4-23(24)28/h2-8,18-20H,9-15H2,1H3. The van der Waals surface area contributed by atoms with Crippen LogP contribution in [0.25, 0.3) is 11.3 Å². The lowest BCUT2D eigenvalue weighted by molar-refractivity contribution is 0.0129. The van der Waals surface area contributed by atoms with Crippen LogP contribution >= 0.6 is 23.2 Å². The van der Waals surface area contributed by atoms with Crippen LogP contribution in [-0.4, -0.2) is 11.3 Å². The highest BCUT2D eigenvalue weighted by molar-refractivity contribution is 6.39. The molecule has 0 saturated heterocycles. The van der Waals surface area contributed by atoms with E-state index >= 15 is 0 Å². The number of rotatable bonds is 6. The zero-order valence-electron chi connectivity index (χ0n) is 17.7. The van der Waals surface area contributed by atoms with Crippen LogP contribution in [-0.2, 0) is 11.3 Å². The number of hydrogen-bond donors (Lipinski definition) is 0. The Labute approximate surface area is 193 Å². The van der Waals surface area contributed by atoms with Crippen molar-refractivity contribution >= 4 is 23.2 Å². The van der Waals surface area contributed by atoms with Crippen LogP contribution in [0.5, 0.6) is 0 Å². The maximum atomic E-state index is 6.47. The normalized spacial score (nSPS) is 21.4. The number of ether oxygens (including phenoxy) is 1. The monoisotopic (exact) mass is 455 g/mol. The Morgan fingerprint density at radius 3 is 2.19 bits per heavy atom. The van der Waals surface area contributed by atoms with Crippen molar-refractivity contribution in [1.29, 1.82) is 0 Å². The fourth-order valence-electron chi connectivity index (χ4n) is 4.65. The van der Waals surface area contributed by atoms with E-state index in [1.807, 2.05) is 18.2 Å². The third-order valence-corrected chi connectivity index (χ3v) is 7.28. The van der Waals surface area contributed by atoms with Gasteiger partial charge in [0.2, 0.25) is 0 Å². The van der Waals surface area contributed by atoms with Crippen LogP contribution in [0.15, 0.2) is 47.0 Å². The molecule has 2 fully saturated rings. The number of nitrogens with zero attached hydrogens (tertiary/aromatic N) is 1. The van der Waals surface area contributed by atoms with Crippen molar-refractivity contribution in [3.63, 3.8) is 0 Å². The van der Waals surface area contributed by atoms with Crippen molar-refractivity contribution in [2.45, 2.75) is 70.0 Å². The second-order valence-electron chi connectivity index (χ2n) is 8.94. The predicted octanol–water partition coefficient (Wildman–Crippen LogP) is 8.08. The van der Waals surface area contributed by atoms with Gasteiger partial charge in [-0.25, -0.2) is 0 Å². The Morgan fingerprint density at radius 2 is 1.55 bits per heavy atom. The van der Waals surface area contributed by atoms with E-state index in [-0.39, 0.29) is 6.10 Å². The highest BCUT2D eigenvalue weighted by Gasteiger charge is 2.34. The molecule has 0 spiro atoms. The van der Waals surface area contributed by atoms with E-state index in [1.165, 1.54) is 11.1 Å². The molecular weight excluding hydrogens is 429 g/mol. The smallest absolute Gasteiger partial charge is 0.145 e. The summed E-state index contributed by atoms with van der Waals surface area (Å²) in [5, 5.41) is 5.54. The van der Waals surface area contributed by atoms with Crippen molar-refractivity contribution in [2.75, 3.05) is 0 Å². The van der Waals surface area contributed by atoms with E-state index in [0.717, 1.165) is 61.1 Å². The lowest BCUT2D eigenvalue weighted by Crippen LogP contribution is -2.21. The summed E-state index contributed by atoms with van der Waals surface area (Å²) in [6.45, 7) is 2.63. The molecule has 2 saturated carbocycles. The predicted molar refractivity (Wildman–Crippen MR) is 125 cm³/mol. The summed E-state index contributed by atoms with van der Waals surface area (Å²) in [6, 6.07) is 14.5. The van der Waals surface area contributed by atoms with Crippen LogP contribution in [0.2, 0.25) is 10.0 Å².